The molecule has 2 aromatic rings. The lowest BCUT2D eigenvalue weighted by Gasteiger charge is -2.14. The molecule has 0 unspecified atom stereocenters. The predicted octanol–water partition coefficient (Wildman–Crippen LogP) is 0.668. The van der Waals surface area contributed by atoms with Crippen LogP contribution in [0.15, 0.2) is 29.4 Å². The first-order valence-electron chi connectivity index (χ1n) is 5.25. The van der Waals surface area contributed by atoms with Crippen LogP contribution in [0, 0.1) is 0 Å². The van der Waals surface area contributed by atoms with Gasteiger partial charge >= 0.3 is 10.2 Å². The van der Waals surface area contributed by atoms with Crippen LogP contribution >= 0.6 is 0 Å². The standard InChI is InChI=1S/C10H11FN4O3S/c1-15(6-7-2-3-13-14-7)10(16)9-4-8(5-12-9)19(11,17)18/h2-5,12H,6H2,1H3,(H,13,14). The highest BCUT2D eigenvalue weighted by Gasteiger charge is 2.19. The van der Waals surface area contributed by atoms with E-state index in [9.17, 15) is 17.1 Å². The van der Waals surface area contributed by atoms with Crippen LogP contribution in [0.2, 0.25) is 0 Å². The van der Waals surface area contributed by atoms with E-state index in [1.807, 2.05) is 0 Å². The van der Waals surface area contributed by atoms with Crippen LogP contribution < -0.4 is 0 Å². The van der Waals surface area contributed by atoms with Crippen molar-refractivity contribution in [1.82, 2.24) is 20.1 Å². The normalized spacial score (nSPS) is 11.5. The summed E-state index contributed by atoms with van der Waals surface area (Å²) in [6.07, 6.45) is 2.49. The number of carbonyl (C=O) groups excluding carboxylic acids is 1. The Morgan fingerprint density at radius 2 is 2.26 bits per heavy atom. The number of rotatable bonds is 4. The number of carbonyl (C=O) groups is 1. The van der Waals surface area contributed by atoms with Crippen LogP contribution in [0.3, 0.4) is 0 Å². The highest BCUT2D eigenvalue weighted by atomic mass is 32.3. The van der Waals surface area contributed by atoms with E-state index in [2.05, 4.69) is 15.2 Å². The van der Waals surface area contributed by atoms with Crippen molar-refractivity contribution in [1.29, 1.82) is 0 Å². The summed E-state index contributed by atoms with van der Waals surface area (Å²) in [5.41, 5.74) is 0.721. The molecule has 0 spiro atoms. The van der Waals surface area contributed by atoms with Gasteiger partial charge in [0.05, 0.1) is 12.2 Å². The fourth-order valence-electron chi connectivity index (χ4n) is 1.54. The van der Waals surface area contributed by atoms with Gasteiger partial charge in [0.25, 0.3) is 5.91 Å². The van der Waals surface area contributed by atoms with Crippen molar-refractivity contribution in [3.05, 3.63) is 35.9 Å². The molecule has 2 N–H and O–H groups in total. The van der Waals surface area contributed by atoms with Crippen molar-refractivity contribution in [2.45, 2.75) is 11.4 Å². The van der Waals surface area contributed by atoms with Gasteiger partial charge in [0.2, 0.25) is 0 Å². The number of aromatic nitrogens is 3. The zero-order valence-corrected chi connectivity index (χ0v) is 10.7. The molecule has 2 heterocycles. The van der Waals surface area contributed by atoms with E-state index in [0.29, 0.717) is 0 Å². The summed E-state index contributed by atoms with van der Waals surface area (Å²) in [6, 6.07) is 2.66. The van der Waals surface area contributed by atoms with Crippen molar-refractivity contribution in [2.75, 3.05) is 7.05 Å². The van der Waals surface area contributed by atoms with Crippen LogP contribution in [0.1, 0.15) is 16.2 Å². The van der Waals surface area contributed by atoms with Gasteiger partial charge in [-0.15, -0.1) is 3.89 Å². The Labute approximate surface area is 108 Å². The molecular formula is C10H11FN4O3S. The van der Waals surface area contributed by atoms with Crippen LogP contribution in [0.4, 0.5) is 3.89 Å². The Kier molecular flexibility index (Phi) is 3.38. The monoisotopic (exact) mass is 286 g/mol. The lowest BCUT2D eigenvalue weighted by Crippen LogP contribution is -2.26. The maximum atomic E-state index is 12.7. The lowest BCUT2D eigenvalue weighted by atomic mass is 10.3. The first-order valence-corrected chi connectivity index (χ1v) is 6.63. The van der Waals surface area contributed by atoms with Crippen LogP contribution in [0.5, 0.6) is 0 Å². The molecule has 102 valence electrons. The fraction of sp³-hybridized carbons (Fsp3) is 0.200. The molecule has 0 saturated heterocycles. The average Bonchev–Trinajstić information content (AvgIpc) is 2.97. The number of hydrogen-bond donors (Lipinski definition) is 2. The summed E-state index contributed by atoms with van der Waals surface area (Å²) in [5, 5.41) is 6.44. The van der Waals surface area contributed by atoms with Gasteiger partial charge in [-0.3, -0.25) is 9.89 Å². The maximum Gasteiger partial charge on any atom is 0.333 e. The smallest absolute Gasteiger partial charge is 0.333 e. The number of aromatic amines is 2. The van der Waals surface area contributed by atoms with Gasteiger partial charge in [0.1, 0.15) is 10.6 Å². The quantitative estimate of drug-likeness (QED) is 0.807. The summed E-state index contributed by atoms with van der Waals surface area (Å²) in [6.45, 7) is 0.273. The average molecular weight is 286 g/mol. The van der Waals surface area contributed by atoms with E-state index < -0.39 is 21.0 Å². The van der Waals surface area contributed by atoms with E-state index in [-0.39, 0.29) is 12.2 Å². The third-order valence-electron chi connectivity index (χ3n) is 2.48. The van der Waals surface area contributed by atoms with Crippen molar-refractivity contribution in [3.63, 3.8) is 0 Å². The van der Waals surface area contributed by atoms with E-state index >= 15 is 0 Å². The molecule has 2 rings (SSSR count). The molecule has 0 aliphatic heterocycles. The minimum absolute atomic E-state index is 0.00163. The van der Waals surface area contributed by atoms with Crippen LogP contribution in [-0.4, -0.2) is 41.5 Å². The highest BCUT2D eigenvalue weighted by Crippen LogP contribution is 2.14. The van der Waals surface area contributed by atoms with E-state index in [0.717, 1.165) is 18.0 Å². The highest BCUT2D eigenvalue weighted by molar-refractivity contribution is 7.86. The Bertz CT molecular complexity index is 677. The molecule has 19 heavy (non-hydrogen) atoms. The zero-order valence-electron chi connectivity index (χ0n) is 9.92. The zero-order chi connectivity index (χ0) is 14.0. The first kappa shape index (κ1) is 13.3. The summed E-state index contributed by atoms with van der Waals surface area (Å²) in [5.74, 6) is -0.454. The molecule has 0 aromatic carbocycles. The second kappa shape index (κ2) is 4.84. The number of hydrogen-bond acceptors (Lipinski definition) is 4. The van der Waals surface area contributed by atoms with Gasteiger partial charge in [-0.1, -0.05) is 0 Å². The Morgan fingerprint density at radius 1 is 1.53 bits per heavy atom. The van der Waals surface area contributed by atoms with Gasteiger partial charge in [-0.2, -0.15) is 13.5 Å². The van der Waals surface area contributed by atoms with Gasteiger partial charge in [0.15, 0.2) is 0 Å². The molecule has 7 nitrogen and oxygen atoms in total. The SMILES string of the molecule is CN(Cc1ccn[nH]1)C(=O)c1cc(S(=O)(=O)F)c[nH]1. The molecule has 0 bridgehead atoms. The molecule has 0 aliphatic carbocycles. The molecule has 0 radical (unpaired) electrons. The molecule has 0 aliphatic rings. The largest absolute Gasteiger partial charge is 0.356 e. The summed E-state index contributed by atoms with van der Waals surface area (Å²) in [4.78, 5) is 15.2. The first-order chi connectivity index (χ1) is 8.88. The molecule has 0 fully saturated rings. The second-order valence-electron chi connectivity index (χ2n) is 3.93. The minimum Gasteiger partial charge on any atom is -0.356 e. The van der Waals surface area contributed by atoms with E-state index in [1.165, 1.54) is 11.9 Å². The van der Waals surface area contributed by atoms with E-state index in [1.54, 1.807) is 12.3 Å². The Morgan fingerprint density at radius 3 is 2.79 bits per heavy atom. The number of H-pyrrole nitrogens is 2. The summed E-state index contributed by atoms with van der Waals surface area (Å²) >= 11 is 0. The number of halogens is 1. The summed E-state index contributed by atoms with van der Waals surface area (Å²) < 4.78 is 34.1. The number of nitrogens with zero attached hydrogens (tertiary/aromatic N) is 2. The Hall–Kier alpha value is -2.16. The molecule has 0 saturated carbocycles. The lowest BCUT2D eigenvalue weighted by molar-refractivity contribution is 0.0778. The molecule has 0 atom stereocenters. The third kappa shape index (κ3) is 2.99. The van der Waals surface area contributed by atoms with Crippen molar-refractivity contribution >= 4 is 16.1 Å². The topological polar surface area (TPSA) is 98.9 Å². The number of amides is 1. The van der Waals surface area contributed by atoms with Crippen LogP contribution in [-0.2, 0) is 16.8 Å². The van der Waals surface area contributed by atoms with Crippen molar-refractivity contribution in [3.8, 4) is 0 Å². The Balaban J connectivity index is 2.13. The van der Waals surface area contributed by atoms with Gasteiger partial charge < -0.3 is 9.88 Å². The fourth-order valence-corrected chi connectivity index (χ4v) is 2.00. The molecular weight excluding hydrogens is 275 g/mol. The number of nitrogens with one attached hydrogen (secondary N) is 2. The van der Waals surface area contributed by atoms with Gasteiger partial charge in [-0.25, -0.2) is 0 Å². The minimum atomic E-state index is -4.81. The predicted molar refractivity (Wildman–Crippen MR) is 63.5 cm³/mol. The summed E-state index contributed by atoms with van der Waals surface area (Å²) in [7, 11) is -3.27. The van der Waals surface area contributed by atoms with Gasteiger partial charge in [-0.05, 0) is 12.1 Å². The third-order valence-corrected chi connectivity index (χ3v) is 3.28. The van der Waals surface area contributed by atoms with Crippen molar-refractivity contribution in [2.24, 2.45) is 0 Å². The second-order valence-corrected chi connectivity index (χ2v) is 5.28. The van der Waals surface area contributed by atoms with Crippen LogP contribution in [0.25, 0.3) is 0 Å². The van der Waals surface area contributed by atoms with E-state index in [4.69, 9.17) is 0 Å². The maximum absolute atomic E-state index is 12.7. The molecule has 1 amide bonds. The van der Waals surface area contributed by atoms with Crippen molar-refractivity contribution < 1.29 is 17.1 Å². The molecule has 9 heteroatoms. The van der Waals surface area contributed by atoms with Gasteiger partial charge in [0, 0.05) is 19.4 Å². The molecule has 2 aromatic heterocycles.